The van der Waals surface area contributed by atoms with Crippen LogP contribution >= 0.6 is 11.6 Å². The molecular weight excluding hydrogens is 436 g/mol. The molecule has 1 unspecified atom stereocenters. The molecule has 166 valence electrons. The number of nitrogens with one attached hydrogen (secondary N) is 1. The van der Waals surface area contributed by atoms with E-state index in [0.717, 1.165) is 18.7 Å². The molecule has 0 aliphatic carbocycles. The molecule has 0 aromatic heterocycles. The summed E-state index contributed by atoms with van der Waals surface area (Å²) in [7, 11) is -3.74. The molecule has 1 N–H and O–H groups in total. The van der Waals surface area contributed by atoms with Crippen molar-refractivity contribution in [3.63, 3.8) is 0 Å². The maximum absolute atomic E-state index is 13.4. The molecule has 1 amide bonds. The summed E-state index contributed by atoms with van der Waals surface area (Å²) in [6.45, 7) is 4.32. The van der Waals surface area contributed by atoms with Gasteiger partial charge in [0, 0.05) is 57.4 Å². The molecule has 4 rings (SSSR count). The number of hydrogen-bond acceptors (Lipinski definition) is 5. The SMILES string of the molecule is O=C(C1CN(S(=O)(=O)c2cccc(Cl)c2)CCN1Cc1ccccc1)N1CCNCC1. The van der Waals surface area contributed by atoms with Gasteiger partial charge < -0.3 is 10.2 Å². The number of halogens is 1. The number of sulfonamides is 1. The first-order valence-electron chi connectivity index (χ1n) is 10.5. The lowest BCUT2D eigenvalue weighted by molar-refractivity contribution is -0.139. The lowest BCUT2D eigenvalue weighted by Crippen LogP contribution is -2.61. The summed E-state index contributed by atoms with van der Waals surface area (Å²) in [6, 6.07) is 15.7. The van der Waals surface area contributed by atoms with Crippen LogP contribution in [0.3, 0.4) is 0 Å². The Kier molecular flexibility index (Phi) is 6.93. The highest BCUT2D eigenvalue weighted by atomic mass is 35.5. The maximum Gasteiger partial charge on any atom is 0.243 e. The Bertz CT molecular complexity index is 1010. The lowest BCUT2D eigenvalue weighted by atomic mass is 10.1. The van der Waals surface area contributed by atoms with E-state index in [4.69, 9.17) is 11.6 Å². The van der Waals surface area contributed by atoms with E-state index >= 15 is 0 Å². The Morgan fingerprint density at radius 2 is 1.74 bits per heavy atom. The molecule has 2 aliphatic heterocycles. The van der Waals surface area contributed by atoms with Crippen LogP contribution in [-0.4, -0.2) is 80.3 Å². The Morgan fingerprint density at radius 1 is 1.00 bits per heavy atom. The van der Waals surface area contributed by atoms with Gasteiger partial charge in [0.2, 0.25) is 15.9 Å². The second kappa shape index (κ2) is 9.67. The topological polar surface area (TPSA) is 73.0 Å². The van der Waals surface area contributed by atoms with E-state index in [1.54, 1.807) is 18.2 Å². The van der Waals surface area contributed by atoms with Gasteiger partial charge in [0.05, 0.1) is 4.90 Å². The molecular formula is C22H27ClN4O3S. The number of carbonyl (C=O) groups is 1. The van der Waals surface area contributed by atoms with Crippen molar-refractivity contribution in [1.82, 2.24) is 19.4 Å². The van der Waals surface area contributed by atoms with Crippen molar-refractivity contribution in [2.75, 3.05) is 45.8 Å². The van der Waals surface area contributed by atoms with Gasteiger partial charge in [-0.05, 0) is 23.8 Å². The summed E-state index contributed by atoms with van der Waals surface area (Å²) in [6.07, 6.45) is 0. The standard InChI is InChI=1S/C22H27ClN4O3S/c23-19-7-4-8-20(15-19)31(29,30)27-14-13-26(16-18-5-2-1-3-6-18)21(17-27)22(28)25-11-9-24-10-12-25/h1-8,15,21,24H,9-14,16-17H2. The van der Waals surface area contributed by atoms with Crippen molar-refractivity contribution in [2.45, 2.75) is 17.5 Å². The highest BCUT2D eigenvalue weighted by Gasteiger charge is 2.39. The lowest BCUT2D eigenvalue weighted by Gasteiger charge is -2.42. The third-order valence-electron chi connectivity index (χ3n) is 5.83. The molecule has 0 radical (unpaired) electrons. The van der Waals surface area contributed by atoms with Crippen molar-refractivity contribution in [2.24, 2.45) is 0 Å². The van der Waals surface area contributed by atoms with Crippen LogP contribution in [0.2, 0.25) is 5.02 Å². The van der Waals surface area contributed by atoms with Crippen LogP contribution in [0.5, 0.6) is 0 Å². The minimum atomic E-state index is -3.74. The largest absolute Gasteiger partial charge is 0.339 e. The third-order valence-corrected chi connectivity index (χ3v) is 7.93. The summed E-state index contributed by atoms with van der Waals surface area (Å²) in [4.78, 5) is 17.5. The van der Waals surface area contributed by atoms with Gasteiger partial charge in [-0.3, -0.25) is 9.69 Å². The van der Waals surface area contributed by atoms with Crippen molar-refractivity contribution in [3.8, 4) is 0 Å². The molecule has 2 aromatic carbocycles. The van der Waals surface area contributed by atoms with E-state index in [0.29, 0.717) is 37.7 Å². The van der Waals surface area contributed by atoms with Gasteiger partial charge in [0.15, 0.2) is 0 Å². The number of amides is 1. The minimum absolute atomic E-state index is 0.0107. The highest BCUT2D eigenvalue weighted by Crippen LogP contribution is 2.24. The average molecular weight is 463 g/mol. The van der Waals surface area contributed by atoms with E-state index in [-0.39, 0.29) is 17.3 Å². The fourth-order valence-corrected chi connectivity index (χ4v) is 5.87. The van der Waals surface area contributed by atoms with Crippen LogP contribution in [0.25, 0.3) is 0 Å². The van der Waals surface area contributed by atoms with Crippen molar-refractivity contribution >= 4 is 27.5 Å². The number of carbonyl (C=O) groups excluding carboxylic acids is 1. The van der Waals surface area contributed by atoms with E-state index in [9.17, 15) is 13.2 Å². The molecule has 9 heteroatoms. The predicted molar refractivity (Wildman–Crippen MR) is 120 cm³/mol. The Balaban J connectivity index is 1.58. The highest BCUT2D eigenvalue weighted by molar-refractivity contribution is 7.89. The second-order valence-corrected chi connectivity index (χ2v) is 10.2. The molecule has 2 aromatic rings. The Morgan fingerprint density at radius 3 is 2.45 bits per heavy atom. The molecule has 0 bridgehead atoms. The van der Waals surface area contributed by atoms with Gasteiger partial charge in [-0.2, -0.15) is 4.31 Å². The van der Waals surface area contributed by atoms with E-state index in [1.165, 1.54) is 10.4 Å². The Labute approximate surface area is 188 Å². The van der Waals surface area contributed by atoms with Crippen molar-refractivity contribution in [1.29, 1.82) is 0 Å². The van der Waals surface area contributed by atoms with E-state index in [2.05, 4.69) is 10.2 Å². The molecule has 2 saturated heterocycles. The smallest absolute Gasteiger partial charge is 0.243 e. The van der Waals surface area contributed by atoms with Crippen LogP contribution < -0.4 is 5.32 Å². The molecule has 2 fully saturated rings. The minimum Gasteiger partial charge on any atom is -0.339 e. The first-order valence-corrected chi connectivity index (χ1v) is 12.3. The van der Waals surface area contributed by atoms with Gasteiger partial charge in [-0.25, -0.2) is 8.42 Å². The first-order chi connectivity index (χ1) is 14.9. The monoisotopic (exact) mass is 462 g/mol. The van der Waals surface area contributed by atoms with E-state index in [1.807, 2.05) is 35.2 Å². The summed E-state index contributed by atoms with van der Waals surface area (Å²) in [5.74, 6) is -0.0107. The average Bonchev–Trinajstić information content (AvgIpc) is 2.80. The number of benzene rings is 2. The van der Waals surface area contributed by atoms with Gasteiger partial charge >= 0.3 is 0 Å². The van der Waals surface area contributed by atoms with Crippen LogP contribution in [0.15, 0.2) is 59.5 Å². The molecule has 31 heavy (non-hydrogen) atoms. The summed E-state index contributed by atoms with van der Waals surface area (Å²) < 4.78 is 27.9. The second-order valence-electron chi connectivity index (χ2n) is 7.87. The van der Waals surface area contributed by atoms with Gasteiger partial charge in [-0.1, -0.05) is 48.0 Å². The van der Waals surface area contributed by atoms with Crippen molar-refractivity contribution < 1.29 is 13.2 Å². The van der Waals surface area contributed by atoms with Crippen LogP contribution in [-0.2, 0) is 21.4 Å². The third kappa shape index (κ3) is 5.10. The van der Waals surface area contributed by atoms with Crippen molar-refractivity contribution in [3.05, 3.63) is 65.2 Å². The number of hydrogen-bond donors (Lipinski definition) is 1. The predicted octanol–water partition coefficient (Wildman–Crippen LogP) is 1.65. The molecule has 0 saturated carbocycles. The fraction of sp³-hybridized carbons (Fsp3) is 0.409. The first kappa shape index (κ1) is 22.2. The van der Waals surface area contributed by atoms with Crippen LogP contribution in [0.4, 0.5) is 0 Å². The van der Waals surface area contributed by atoms with Crippen LogP contribution in [0.1, 0.15) is 5.56 Å². The van der Waals surface area contributed by atoms with Crippen LogP contribution in [0, 0.1) is 0 Å². The number of nitrogens with zero attached hydrogens (tertiary/aromatic N) is 3. The number of piperazine rings is 2. The summed E-state index contributed by atoms with van der Waals surface area (Å²) in [5, 5.41) is 3.63. The zero-order valence-electron chi connectivity index (χ0n) is 17.3. The molecule has 2 aliphatic rings. The zero-order chi connectivity index (χ0) is 21.8. The molecule has 1 atom stereocenters. The summed E-state index contributed by atoms with van der Waals surface area (Å²) in [5.41, 5.74) is 1.10. The number of rotatable bonds is 5. The van der Waals surface area contributed by atoms with Gasteiger partial charge in [0.25, 0.3) is 0 Å². The maximum atomic E-state index is 13.4. The quantitative estimate of drug-likeness (QED) is 0.731. The summed E-state index contributed by atoms with van der Waals surface area (Å²) >= 11 is 6.03. The van der Waals surface area contributed by atoms with E-state index < -0.39 is 16.1 Å². The molecule has 0 spiro atoms. The van der Waals surface area contributed by atoms with Gasteiger partial charge in [0.1, 0.15) is 6.04 Å². The normalized spacial score (nSPS) is 21.2. The molecule has 7 nitrogen and oxygen atoms in total. The fourth-order valence-electron chi connectivity index (χ4n) is 4.13. The zero-order valence-corrected chi connectivity index (χ0v) is 18.9. The Hall–Kier alpha value is -1.97. The van der Waals surface area contributed by atoms with Gasteiger partial charge in [-0.15, -0.1) is 0 Å². The molecule has 2 heterocycles.